The van der Waals surface area contributed by atoms with Crippen LogP contribution in [0, 0.1) is 12.8 Å². The number of nitrogens with zero attached hydrogens (tertiary/aromatic N) is 5. The van der Waals surface area contributed by atoms with Crippen LogP contribution in [0.4, 0.5) is 0 Å². The Morgan fingerprint density at radius 3 is 3.00 bits per heavy atom. The van der Waals surface area contributed by atoms with Crippen LogP contribution in [0.2, 0.25) is 0 Å². The molecular weight excluding hydrogens is 352 g/mol. The van der Waals surface area contributed by atoms with E-state index in [1.807, 2.05) is 37.3 Å². The second-order valence-electron chi connectivity index (χ2n) is 7.59. The number of likely N-dealkylation sites (tertiary alicyclic amines) is 1. The molecule has 3 aromatic rings. The number of carbonyl (C=O) groups excluding carboxylic acids is 1. The predicted molar refractivity (Wildman–Crippen MR) is 109 cm³/mol. The standard InChI is InChI=1S/C21H26N6O/c1-15-6-5-12-26(14-15)13-11-23-21(28)19-16(2)27(25-24-19)18-9-3-7-17-8-4-10-22-20(17)18/h3-4,7-10,15H,5-6,11-14H2,1-2H3,(H,23,28). The zero-order valence-electron chi connectivity index (χ0n) is 16.4. The number of hydrogen-bond acceptors (Lipinski definition) is 5. The number of nitrogens with one attached hydrogen (secondary N) is 1. The summed E-state index contributed by atoms with van der Waals surface area (Å²) < 4.78 is 1.69. The molecule has 0 spiro atoms. The van der Waals surface area contributed by atoms with Crippen LogP contribution in [-0.2, 0) is 0 Å². The molecule has 1 aromatic carbocycles. The van der Waals surface area contributed by atoms with Gasteiger partial charge in [0.1, 0.15) is 0 Å². The highest BCUT2D eigenvalue weighted by Crippen LogP contribution is 2.21. The van der Waals surface area contributed by atoms with Gasteiger partial charge in [0.2, 0.25) is 0 Å². The van der Waals surface area contributed by atoms with Gasteiger partial charge in [-0.1, -0.05) is 30.3 Å². The molecule has 28 heavy (non-hydrogen) atoms. The Bertz CT molecular complexity index is 977. The van der Waals surface area contributed by atoms with Crippen LogP contribution in [0.3, 0.4) is 0 Å². The molecule has 4 rings (SSSR count). The molecule has 7 nitrogen and oxygen atoms in total. The minimum atomic E-state index is -0.179. The summed E-state index contributed by atoms with van der Waals surface area (Å²) in [5.74, 6) is 0.558. The Morgan fingerprint density at radius 1 is 1.29 bits per heavy atom. The number of piperidine rings is 1. The fourth-order valence-electron chi connectivity index (χ4n) is 3.93. The largest absolute Gasteiger partial charge is 0.349 e. The van der Waals surface area contributed by atoms with Crippen LogP contribution >= 0.6 is 0 Å². The monoisotopic (exact) mass is 378 g/mol. The van der Waals surface area contributed by atoms with E-state index in [1.54, 1.807) is 10.9 Å². The van der Waals surface area contributed by atoms with Crippen LogP contribution in [0.1, 0.15) is 35.9 Å². The van der Waals surface area contributed by atoms with E-state index in [1.165, 1.54) is 12.8 Å². The van der Waals surface area contributed by atoms with Crippen LogP contribution in [0.5, 0.6) is 0 Å². The third-order valence-corrected chi connectivity index (χ3v) is 5.40. The summed E-state index contributed by atoms with van der Waals surface area (Å²) in [4.78, 5) is 19.5. The number of amides is 1. The molecule has 1 saturated heterocycles. The lowest BCUT2D eigenvalue weighted by molar-refractivity contribution is 0.0938. The molecule has 0 aliphatic carbocycles. The summed E-state index contributed by atoms with van der Waals surface area (Å²) in [7, 11) is 0. The number of pyridine rings is 1. The maximum atomic E-state index is 12.6. The Balaban J connectivity index is 1.46. The molecule has 1 N–H and O–H groups in total. The molecular formula is C21H26N6O. The molecule has 0 radical (unpaired) electrons. The fourth-order valence-corrected chi connectivity index (χ4v) is 3.93. The van der Waals surface area contributed by atoms with Crippen molar-refractivity contribution in [1.82, 2.24) is 30.2 Å². The van der Waals surface area contributed by atoms with Crippen molar-refractivity contribution in [2.24, 2.45) is 5.92 Å². The first-order valence-electron chi connectivity index (χ1n) is 9.90. The van der Waals surface area contributed by atoms with E-state index >= 15 is 0 Å². The number of benzene rings is 1. The van der Waals surface area contributed by atoms with Crippen LogP contribution < -0.4 is 5.32 Å². The highest BCUT2D eigenvalue weighted by molar-refractivity contribution is 5.93. The van der Waals surface area contributed by atoms with E-state index in [2.05, 4.69) is 32.4 Å². The molecule has 2 aromatic heterocycles. The number of para-hydroxylation sites is 1. The zero-order valence-corrected chi connectivity index (χ0v) is 16.4. The zero-order chi connectivity index (χ0) is 19.5. The van der Waals surface area contributed by atoms with Crippen molar-refractivity contribution < 1.29 is 4.79 Å². The smallest absolute Gasteiger partial charge is 0.273 e. The quantitative estimate of drug-likeness (QED) is 0.738. The van der Waals surface area contributed by atoms with E-state index < -0.39 is 0 Å². The van der Waals surface area contributed by atoms with Gasteiger partial charge in [-0.2, -0.15) is 0 Å². The van der Waals surface area contributed by atoms with Crippen molar-refractivity contribution in [3.05, 3.63) is 47.9 Å². The summed E-state index contributed by atoms with van der Waals surface area (Å²) in [6, 6.07) is 9.82. The average Bonchev–Trinajstić information content (AvgIpc) is 3.09. The van der Waals surface area contributed by atoms with Crippen molar-refractivity contribution in [2.45, 2.75) is 26.7 Å². The van der Waals surface area contributed by atoms with Crippen molar-refractivity contribution in [3.8, 4) is 5.69 Å². The molecule has 0 bridgehead atoms. The number of aromatic nitrogens is 4. The first kappa shape index (κ1) is 18.6. The maximum absolute atomic E-state index is 12.6. The molecule has 3 heterocycles. The Morgan fingerprint density at radius 2 is 2.14 bits per heavy atom. The third kappa shape index (κ3) is 3.75. The summed E-state index contributed by atoms with van der Waals surface area (Å²) >= 11 is 0. The SMILES string of the molecule is Cc1c(C(=O)NCCN2CCCC(C)C2)nnn1-c1cccc2cccnc12. The van der Waals surface area contributed by atoms with Gasteiger partial charge in [-0.3, -0.25) is 9.78 Å². The molecule has 1 atom stereocenters. The van der Waals surface area contributed by atoms with E-state index in [0.29, 0.717) is 17.9 Å². The van der Waals surface area contributed by atoms with Crippen LogP contribution in [-0.4, -0.2) is 57.0 Å². The van der Waals surface area contributed by atoms with E-state index in [9.17, 15) is 4.79 Å². The first-order chi connectivity index (χ1) is 13.6. The molecule has 1 aliphatic heterocycles. The number of hydrogen-bond donors (Lipinski definition) is 1. The molecule has 146 valence electrons. The first-order valence-corrected chi connectivity index (χ1v) is 9.90. The minimum absolute atomic E-state index is 0.179. The summed E-state index contributed by atoms with van der Waals surface area (Å²) in [5.41, 5.74) is 2.73. The van der Waals surface area contributed by atoms with E-state index in [0.717, 1.165) is 42.1 Å². The van der Waals surface area contributed by atoms with Gasteiger partial charge in [0.25, 0.3) is 5.91 Å². The normalized spacial score (nSPS) is 17.7. The highest BCUT2D eigenvalue weighted by Gasteiger charge is 2.20. The van der Waals surface area contributed by atoms with E-state index in [4.69, 9.17) is 0 Å². The summed E-state index contributed by atoms with van der Waals surface area (Å²) in [6.45, 7) is 7.87. The molecule has 1 amide bonds. The minimum Gasteiger partial charge on any atom is -0.349 e. The topological polar surface area (TPSA) is 75.9 Å². The van der Waals surface area contributed by atoms with Crippen molar-refractivity contribution in [1.29, 1.82) is 0 Å². The lowest BCUT2D eigenvalue weighted by Gasteiger charge is -2.30. The van der Waals surface area contributed by atoms with Crippen LogP contribution in [0.15, 0.2) is 36.5 Å². The maximum Gasteiger partial charge on any atom is 0.273 e. The second kappa shape index (κ2) is 8.06. The van der Waals surface area contributed by atoms with Gasteiger partial charge >= 0.3 is 0 Å². The predicted octanol–water partition coefficient (Wildman–Crippen LogP) is 2.59. The Labute approximate surface area is 164 Å². The Kier molecular flexibility index (Phi) is 5.34. The second-order valence-corrected chi connectivity index (χ2v) is 7.59. The van der Waals surface area contributed by atoms with Gasteiger partial charge in [-0.05, 0) is 44.4 Å². The van der Waals surface area contributed by atoms with E-state index in [-0.39, 0.29) is 5.91 Å². The molecule has 1 unspecified atom stereocenters. The lowest BCUT2D eigenvalue weighted by Crippen LogP contribution is -2.40. The molecule has 7 heteroatoms. The third-order valence-electron chi connectivity index (χ3n) is 5.40. The lowest BCUT2D eigenvalue weighted by atomic mass is 10.0. The number of rotatable bonds is 5. The van der Waals surface area contributed by atoms with Gasteiger partial charge in [0.05, 0.1) is 16.9 Å². The van der Waals surface area contributed by atoms with Crippen molar-refractivity contribution >= 4 is 16.8 Å². The van der Waals surface area contributed by atoms with Crippen molar-refractivity contribution in [2.75, 3.05) is 26.2 Å². The molecule has 1 aliphatic rings. The average molecular weight is 378 g/mol. The fraction of sp³-hybridized carbons (Fsp3) is 0.429. The molecule has 1 fully saturated rings. The van der Waals surface area contributed by atoms with Gasteiger partial charge in [-0.25, -0.2) is 4.68 Å². The Hall–Kier alpha value is -2.80. The van der Waals surface area contributed by atoms with Gasteiger partial charge in [0.15, 0.2) is 5.69 Å². The van der Waals surface area contributed by atoms with Gasteiger partial charge in [0, 0.05) is 31.2 Å². The molecule has 0 saturated carbocycles. The number of carbonyl (C=O) groups is 1. The number of fused-ring (bicyclic) bond motifs is 1. The van der Waals surface area contributed by atoms with Crippen molar-refractivity contribution in [3.63, 3.8) is 0 Å². The highest BCUT2D eigenvalue weighted by atomic mass is 16.2. The summed E-state index contributed by atoms with van der Waals surface area (Å²) in [5, 5.41) is 12.4. The summed E-state index contributed by atoms with van der Waals surface area (Å²) in [6.07, 6.45) is 4.29. The van der Waals surface area contributed by atoms with Gasteiger partial charge in [-0.15, -0.1) is 5.10 Å². The van der Waals surface area contributed by atoms with Crippen LogP contribution in [0.25, 0.3) is 16.6 Å². The van der Waals surface area contributed by atoms with Gasteiger partial charge < -0.3 is 10.2 Å².